The molecular weight excluding hydrogens is 274 g/mol. The van der Waals surface area contributed by atoms with Gasteiger partial charge in [0.25, 0.3) is 5.91 Å². The number of halogens is 1. The van der Waals surface area contributed by atoms with Crippen molar-refractivity contribution in [1.29, 1.82) is 0 Å². The van der Waals surface area contributed by atoms with E-state index >= 15 is 0 Å². The second-order valence-corrected chi connectivity index (χ2v) is 5.86. The van der Waals surface area contributed by atoms with Gasteiger partial charge in [-0.15, -0.1) is 0 Å². The summed E-state index contributed by atoms with van der Waals surface area (Å²) in [4.78, 5) is 13.8. The molecule has 1 aliphatic rings. The van der Waals surface area contributed by atoms with Gasteiger partial charge in [0.05, 0.1) is 16.3 Å². The lowest BCUT2D eigenvalue weighted by atomic mass is 9.98. The summed E-state index contributed by atoms with van der Waals surface area (Å²) >= 11 is 6.31. The van der Waals surface area contributed by atoms with E-state index in [9.17, 15) is 4.79 Å². The fourth-order valence-electron chi connectivity index (χ4n) is 2.93. The van der Waals surface area contributed by atoms with Crippen LogP contribution in [0.1, 0.15) is 43.0 Å². The molecule has 110 valence electrons. The van der Waals surface area contributed by atoms with Gasteiger partial charge in [-0.3, -0.25) is 4.79 Å². The first kappa shape index (κ1) is 15.0. The van der Waals surface area contributed by atoms with Crippen LogP contribution in [0.25, 0.3) is 0 Å². The van der Waals surface area contributed by atoms with Crippen LogP contribution < -0.4 is 16.4 Å². The molecule has 1 saturated heterocycles. The zero-order valence-electron chi connectivity index (χ0n) is 11.9. The lowest BCUT2D eigenvalue weighted by molar-refractivity contribution is 0.100. The molecule has 5 heteroatoms. The van der Waals surface area contributed by atoms with Crippen molar-refractivity contribution in [2.75, 3.05) is 23.7 Å². The van der Waals surface area contributed by atoms with E-state index in [-0.39, 0.29) is 0 Å². The Morgan fingerprint density at radius 2 is 2.15 bits per heavy atom. The molecule has 1 fully saturated rings. The third-order valence-corrected chi connectivity index (χ3v) is 4.38. The minimum Gasteiger partial charge on any atom is -0.399 e. The maximum absolute atomic E-state index is 11.7. The van der Waals surface area contributed by atoms with E-state index in [1.54, 1.807) is 12.1 Å². The van der Waals surface area contributed by atoms with Crippen LogP contribution >= 0.6 is 11.6 Å². The average Bonchev–Trinajstić information content (AvgIpc) is 2.63. The molecule has 0 saturated carbocycles. The minimum absolute atomic E-state index is 0.421. The Morgan fingerprint density at radius 3 is 2.80 bits per heavy atom. The molecular formula is C15H22ClN3O. The normalized spacial score (nSPS) is 19.7. The predicted molar refractivity (Wildman–Crippen MR) is 84.2 cm³/mol. The fourth-order valence-corrected chi connectivity index (χ4v) is 3.27. The Balaban J connectivity index is 2.34. The first-order valence-corrected chi connectivity index (χ1v) is 7.54. The third-order valence-electron chi connectivity index (χ3n) is 4.09. The lowest BCUT2D eigenvalue weighted by Gasteiger charge is -2.26. The summed E-state index contributed by atoms with van der Waals surface area (Å²) in [6.07, 6.45) is 4.66. The number of rotatable bonds is 3. The Kier molecular flexibility index (Phi) is 4.76. The molecule has 1 unspecified atom stereocenters. The highest BCUT2D eigenvalue weighted by atomic mass is 35.5. The number of nitrogen functional groups attached to an aromatic ring is 1. The van der Waals surface area contributed by atoms with E-state index in [4.69, 9.17) is 23.1 Å². The van der Waals surface area contributed by atoms with Gasteiger partial charge < -0.3 is 16.4 Å². The average molecular weight is 296 g/mol. The summed E-state index contributed by atoms with van der Waals surface area (Å²) < 4.78 is 0. The van der Waals surface area contributed by atoms with Crippen molar-refractivity contribution in [1.82, 2.24) is 0 Å². The minimum atomic E-state index is -0.481. The van der Waals surface area contributed by atoms with E-state index in [0.29, 0.717) is 16.3 Å². The maximum atomic E-state index is 11.7. The van der Waals surface area contributed by atoms with Crippen molar-refractivity contribution in [3.63, 3.8) is 0 Å². The standard InChI is InChI=1S/C15H22ClN3O/c1-2-10-4-3-6-19(7-5-10)14-12(15(18)20)8-11(17)9-13(14)16/h8-10H,2-7,17H2,1H3,(H2,18,20). The third kappa shape index (κ3) is 3.18. The van der Waals surface area contributed by atoms with Crippen molar-refractivity contribution in [2.45, 2.75) is 32.6 Å². The molecule has 4 nitrogen and oxygen atoms in total. The summed E-state index contributed by atoms with van der Waals surface area (Å²) in [6.45, 7) is 4.04. The zero-order chi connectivity index (χ0) is 14.7. The molecule has 1 atom stereocenters. The maximum Gasteiger partial charge on any atom is 0.250 e. The molecule has 1 aromatic carbocycles. The largest absolute Gasteiger partial charge is 0.399 e. The predicted octanol–water partition coefficient (Wildman–Crippen LogP) is 3.04. The van der Waals surface area contributed by atoms with E-state index < -0.39 is 5.91 Å². The van der Waals surface area contributed by atoms with Gasteiger partial charge in [-0.05, 0) is 37.3 Å². The van der Waals surface area contributed by atoms with E-state index in [0.717, 1.165) is 37.5 Å². The van der Waals surface area contributed by atoms with Crippen LogP contribution in [-0.4, -0.2) is 19.0 Å². The molecule has 4 N–H and O–H groups in total. The number of benzene rings is 1. The molecule has 1 amide bonds. The molecule has 2 rings (SSSR count). The number of anilines is 2. The fraction of sp³-hybridized carbons (Fsp3) is 0.533. The highest BCUT2D eigenvalue weighted by Gasteiger charge is 2.22. The molecule has 1 aromatic rings. The first-order valence-electron chi connectivity index (χ1n) is 7.16. The summed E-state index contributed by atoms with van der Waals surface area (Å²) in [5, 5.41) is 0.508. The topological polar surface area (TPSA) is 72.3 Å². The van der Waals surface area contributed by atoms with Crippen LogP contribution in [0.2, 0.25) is 5.02 Å². The number of nitrogens with zero attached hydrogens (tertiary/aromatic N) is 1. The molecule has 1 heterocycles. The van der Waals surface area contributed by atoms with E-state index in [2.05, 4.69) is 11.8 Å². The Bertz CT molecular complexity index is 504. The van der Waals surface area contributed by atoms with Gasteiger partial charge in [-0.2, -0.15) is 0 Å². The van der Waals surface area contributed by atoms with Crippen molar-refractivity contribution in [3.8, 4) is 0 Å². The Hall–Kier alpha value is -1.42. The number of amides is 1. The summed E-state index contributed by atoms with van der Waals surface area (Å²) in [5.74, 6) is 0.273. The van der Waals surface area contributed by atoms with Crippen LogP contribution in [0.5, 0.6) is 0 Å². The SMILES string of the molecule is CCC1CCCN(c2c(Cl)cc(N)cc2C(N)=O)CC1. The second kappa shape index (κ2) is 6.35. The van der Waals surface area contributed by atoms with Crippen LogP contribution in [-0.2, 0) is 0 Å². The molecule has 0 aliphatic carbocycles. The van der Waals surface area contributed by atoms with Gasteiger partial charge in [-0.25, -0.2) is 0 Å². The quantitative estimate of drug-likeness (QED) is 0.842. The number of hydrogen-bond acceptors (Lipinski definition) is 3. The number of carbonyl (C=O) groups is 1. The Labute approximate surface area is 125 Å². The van der Waals surface area contributed by atoms with Crippen molar-refractivity contribution < 1.29 is 4.79 Å². The molecule has 0 spiro atoms. The van der Waals surface area contributed by atoms with Gasteiger partial charge in [-0.1, -0.05) is 24.9 Å². The summed E-state index contributed by atoms with van der Waals surface area (Å²) in [6, 6.07) is 3.30. The van der Waals surface area contributed by atoms with Crippen molar-refractivity contribution in [3.05, 3.63) is 22.7 Å². The van der Waals surface area contributed by atoms with E-state index in [1.807, 2.05) is 0 Å². The number of nitrogens with two attached hydrogens (primary N) is 2. The van der Waals surface area contributed by atoms with Crippen molar-refractivity contribution in [2.24, 2.45) is 11.7 Å². The van der Waals surface area contributed by atoms with Gasteiger partial charge in [0, 0.05) is 18.8 Å². The number of primary amides is 1. The van der Waals surface area contributed by atoms with Gasteiger partial charge in [0.2, 0.25) is 0 Å². The monoisotopic (exact) mass is 295 g/mol. The van der Waals surface area contributed by atoms with Gasteiger partial charge >= 0.3 is 0 Å². The molecule has 20 heavy (non-hydrogen) atoms. The highest BCUT2D eigenvalue weighted by molar-refractivity contribution is 6.34. The molecule has 0 bridgehead atoms. The molecule has 0 radical (unpaired) electrons. The number of carbonyl (C=O) groups excluding carboxylic acids is 1. The Morgan fingerprint density at radius 1 is 1.40 bits per heavy atom. The second-order valence-electron chi connectivity index (χ2n) is 5.46. The molecule has 1 aliphatic heterocycles. The van der Waals surface area contributed by atoms with Gasteiger partial charge in [0.15, 0.2) is 0 Å². The van der Waals surface area contributed by atoms with Crippen LogP contribution in [0.3, 0.4) is 0 Å². The smallest absolute Gasteiger partial charge is 0.250 e. The first-order chi connectivity index (χ1) is 9.52. The van der Waals surface area contributed by atoms with Crippen LogP contribution in [0.4, 0.5) is 11.4 Å². The highest BCUT2D eigenvalue weighted by Crippen LogP contribution is 2.34. The van der Waals surface area contributed by atoms with Gasteiger partial charge in [0.1, 0.15) is 0 Å². The summed E-state index contributed by atoms with van der Waals surface area (Å²) in [7, 11) is 0. The number of hydrogen-bond donors (Lipinski definition) is 2. The zero-order valence-corrected chi connectivity index (χ0v) is 12.6. The van der Waals surface area contributed by atoms with Crippen LogP contribution in [0.15, 0.2) is 12.1 Å². The van der Waals surface area contributed by atoms with Crippen LogP contribution in [0, 0.1) is 5.92 Å². The lowest BCUT2D eigenvalue weighted by Crippen LogP contribution is -2.28. The van der Waals surface area contributed by atoms with Crippen molar-refractivity contribution >= 4 is 28.9 Å². The van der Waals surface area contributed by atoms with E-state index in [1.165, 1.54) is 12.8 Å². The summed E-state index contributed by atoms with van der Waals surface area (Å²) in [5.41, 5.74) is 12.9. The molecule has 0 aromatic heterocycles.